The molecule has 2 aromatic rings. The molecule has 0 bridgehead atoms. The van der Waals surface area contributed by atoms with Gasteiger partial charge < -0.3 is 26.2 Å². The zero-order chi connectivity index (χ0) is 20.1. The summed E-state index contributed by atoms with van der Waals surface area (Å²) in [5, 5.41) is 5.36. The van der Waals surface area contributed by atoms with Gasteiger partial charge in [0.05, 0.1) is 11.4 Å². The van der Waals surface area contributed by atoms with Gasteiger partial charge in [-0.2, -0.15) is 0 Å². The molecule has 0 saturated carbocycles. The lowest BCUT2D eigenvalue weighted by Gasteiger charge is -2.35. The van der Waals surface area contributed by atoms with E-state index in [1.54, 1.807) is 0 Å². The Bertz CT molecular complexity index is 835. The van der Waals surface area contributed by atoms with E-state index in [4.69, 9.17) is 5.73 Å². The molecule has 0 radical (unpaired) electrons. The highest BCUT2D eigenvalue weighted by molar-refractivity contribution is 5.96. The van der Waals surface area contributed by atoms with E-state index in [1.807, 2.05) is 24.3 Å². The summed E-state index contributed by atoms with van der Waals surface area (Å²) in [7, 11) is 2.08. The summed E-state index contributed by atoms with van der Waals surface area (Å²) in [6.45, 7) is 3.59. The molecule has 3 amide bonds. The number of piperazine rings is 1. The van der Waals surface area contributed by atoms with Gasteiger partial charge in [-0.15, -0.1) is 0 Å². The second kappa shape index (κ2) is 8.71. The van der Waals surface area contributed by atoms with Gasteiger partial charge in [0, 0.05) is 26.2 Å². The summed E-state index contributed by atoms with van der Waals surface area (Å²) >= 11 is 0. The first kappa shape index (κ1) is 19.6. The van der Waals surface area contributed by atoms with Crippen molar-refractivity contribution in [2.24, 2.45) is 5.73 Å². The zero-order valence-corrected chi connectivity index (χ0v) is 15.7. The molecule has 1 fully saturated rings. The van der Waals surface area contributed by atoms with Crippen molar-refractivity contribution in [3.8, 4) is 0 Å². The second-order valence-corrected chi connectivity index (χ2v) is 6.79. The van der Waals surface area contributed by atoms with Crippen LogP contribution in [0.2, 0.25) is 0 Å². The first-order valence-electron chi connectivity index (χ1n) is 9.09. The number of hydrogen-bond acceptors (Lipinski definition) is 4. The third-order valence-electron chi connectivity index (χ3n) is 4.76. The fraction of sp³-hybridized carbons (Fsp3) is 0.300. The molecule has 2 aromatic carbocycles. The minimum absolute atomic E-state index is 0.413. The number of anilines is 2. The molecule has 1 atom stereocenters. The number of likely N-dealkylation sites (N-methyl/N-ethyl adjacent to an activating group) is 1. The number of rotatable bonds is 5. The van der Waals surface area contributed by atoms with Crippen molar-refractivity contribution in [1.29, 1.82) is 0 Å². The Kier molecular flexibility index (Phi) is 6.10. The van der Waals surface area contributed by atoms with Gasteiger partial charge in [-0.1, -0.05) is 24.3 Å². The van der Waals surface area contributed by atoms with Gasteiger partial charge in [-0.3, -0.25) is 4.79 Å². The molecule has 148 valence electrons. The normalized spacial score (nSPS) is 15.7. The predicted molar refractivity (Wildman–Crippen MR) is 107 cm³/mol. The molecule has 4 N–H and O–H groups in total. The Labute approximate surface area is 163 Å². The highest BCUT2D eigenvalue weighted by atomic mass is 19.1. The van der Waals surface area contributed by atoms with Crippen molar-refractivity contribution in [1.82, 2.24) is 10.2 Å². The van der Waals surface area contributed by atoms with Crippen LogP contribution < -0.4 is 21.3 Å². The Morgan fingerprint density at radius 2 is 1.68 bits per heavy atom. The summed E-state index contributed by atoms with van der Waals surface area (Å²) in [4.78, 5) is 28.8. The van der Waals surface area contributed by atoms with E-state index in [0.29, 0.717) is 11.3 Å². The number of benzene rings is 2. The zero-order valence-electron chi connectivity index (χ0n) is 15.7. The average molecular weight is 385 g/mol. The van der Waals surface area contributed by atoms with Gasteiger partial charge in [-0.05, 0) is 36.9 Å². The summed E-state index contributed by atoms with van der Waals surface area (Å²) in [6, 6.07) is 11.2. The van der Waals surface area contributed by atoms with E-state index in [2.05, 4.69) is 27.5 Å². The van der Waals surface area contributed by atoms with Gasteiger partial charge in [0.25, 0.3) is 0 Å². The molecule has 0 unspecified atom stereocenters. The van der Waals surface area contributed by atoms with E-state index in [9.17, 15) is 14.0 Å². The molecule has 1 aliphatic rings. The lowest BCUT2D eigenvalue weighted by Crippen LogP contribution is -2.45. The van der Waals surface area contributed by atoms with Crippen LogP contribution in [0.15, 0.2) is 48.5 Å². The van der Waals surface area contributed by atoms with Crippen LogP contribution in [0.25, 0.3) is 0 Å². The number of nitrogens with one attached hydrogen (secondary N) is 2. The molecular weight excluding hydrogens is 361 g/mol. The van der Waals surface area contributed by atoms with Gasteiger partial charge in [0.15, 0.2) is 0 Å². The Morgan fingerprint density at radius 3 is 2.32 bits per heavy atom. The van der Waals surface area contributed by atoms with Crippen LogP contribution >= 0.6 is 0 Å². The van der Waals surface area contributed by atoms with Crippen molar-refractivity contribution >= 4 is 23.3 Å². The number of carbonyl (C=O) groups is 2. The summed E-state index contributed by atoms with van der Waals surface area (Å²) in [6.07, 6.45) is 0. The number of hydrogen-bond donors (Lipinski definition) is 3. The van der Waals surface area contributed by atoms with Crippen LogP contribution in [-0.2, 0) is 4.79 Å². The van der Waals surface area contributed by atoms with Crippen LogP contribution in [0, 0.1) is 5.82 Å². The Morgan fingerprint density at radius 1 is 1.04 bits per heavy atom. The summed E-state index contributed by atoms with van der Waals surface area (Å²) in [5.41, 5.74) is 7.40. The molecule has 8 heteroatoms. The summed E-state index contributed by atoms with van der Waals surface area (Å²) < 4.78 is 13.1. The highest BCUT2D eigenvalue weighted by Crippen LogP contribution is 2.26. The first-order chi connectivity index (χ1) is 13.4. The number of halogens is 1. The van der Waals surface area contributed by atoms with Gasteiger partial charge in [-0.25, -0.2) is 9.18 Å². The fourth-order valence-corrected chi connectivity index (χ4v) is 3.17. The highest BCUT2D eigenvalue weighted by Gasteiger charge is 2.22. The van der Waals surface area contributed by atoms with E-state index in [0.717, 1.165) is 31.9 Å². The molecule has 1 aliphatic heterocycles. The maximum atomic E-state index is 13.1. The minimum Gasteiger partial charge on any atom is -0.368 e. The van der Waals surface area contributed by atoms with Crippen molar-refractivity contribution in [2.45, 2.75) is 6.04 Å². The maximum Gasteiger partial charge on any atom is 0.320 e. The average Bonchev–Trinajstić information content (AvgIpc) is 2.68. The molecule has 0 aliphatic carbocycles. The van der Waals surface area contributed by atoms with Crippen LogP contribution in [-0.4, -0.2) is 50.1 Å². The van der Waals surface area contributed by atoms with E-state index < -0.39 is 23.8 Å². The van der Waals surface area contributed by atoms with Crippen LogP contribution in [0.3, 0.4) is 0 Å². The largest absolute Gasteiger partial charge is 0.368 e. The topological polar surface area (TPSA) is 90.7 Å². The molecule has 7 nitrogen and oxygen atoms in total. The lowest BCUT2D eigenvalue weighted by molar-refractivity contribution is -0.119. The number of primary amides is 1. The number of carbonyl (C=O) groups excluding carboxylic acids is 2. The van der Waals surface area contributed by atoms with E-state index in [-0.39, 0.29) is 0 Å². The van der Waals surface area contributed by atoms with Gasteiger partial charge in [0.1, 0.15) is 11.9 Å². The molecular formula is C20H24FN5O2. The van der Waals surface area contributed by atoms with Crippen LogP contribution in [0.4, 0.5) is 20.6 Å². The fourth-order valence-electron chi connectivity index (χ4n) is 3.17. The smallest absolute Gasteiger partial charge is 0.320 e. The Hall–Kier alpha value is -3.13. The van der Waals surface area contributed by atoms with Crippen molar-refractivity contribution in [2.75, 3.05) is 43.4 Å². The molecule has 3 rings (SSSR count). The van der Waals surface area contributed by atoms with Crippen molar-refractivity contribution in [3.05, 3.63) is 59.9 Å². The standard InChI is InChI=1S/C20H24FN5O2/c1-25-10-12-26(13-11-25)17-5-3-2-4-16(17)23-20(28)24-18(19(22)27)14-6-8-15(21)9-7-14/h2-9,18H,10-13H2,1H3,(H2,22,27)(H2,23,24,28)/t18-/m0/s1. The van der Waals surface area contributed by atoms with Crippen molar-refractivity contribution in [3.63, 3.8) is 0 Å². The second-order valence-electron chi connectivity index (χ2n) is 6.79. The molecule has 28 heavy (non-hydrogen) atoms. The molecule has 1 saturated heterocycles. The van der Waals surface area contributed by atoms with Crippen molar-refractivity contribution < 1.29 is 14.0 Å². The monoisotopic (exact) mass is 385 g/mol. The SMILES string of the molecule is CN1CCN(c2ccccc2NC(=O)N[C@H](C(N)=O)c2ccc(F)cc2)CC1. The van der Waals surface area contributed by atoms with Gasteiger partial charge >= 0.3 is 6.03 Å². The number of urea groups is 1. The number of nitrogens with zero attached hydrogens (tertiary/aromatic N) is 2. The van der Waals surface area contributed by atoms with Crippen LogP contribution in [0.1, 0.15) is 11.6 Å². The van der Waals surface area contributed by atoms with Gasteiger partial charge in [0.2, 0.25) is 5.91 Å². The molecule has 0 spiro atoms. The third-order valence-corrected chi connectivity index (χ3v) is 4.76. The van der Waals surface area contributed by atoms with E-state index in [1.165, 1.54) is 24.3 Å². The number of amides is 3. The predicted octanol–water partition coefficient (Wildman–Crippen LogP) is 1.93. The number of para-hydroxylation sites is 2. The Balaban J connectivity index is 1.72. The minimum atomic E-state index is -1.06. The quantitative estimate of drug-likeness (QED) is 0.734. The summed E-state index contributed by atoms with van der Waals surface area (Å²) in [5.74, 6) is -1.16. The number of nitrogens with two attached hydrogens (primary N) is 1. The van der Waals surface area contributed by atoms with Crippen LogP contribution in [0.5, 0.6) is 0 Å². The maximum absolute atomic E-state index is 13.1. The third kappa shape index (κ3) is 4.77. The molecule has 0 aromatic heterocycles. The molecule has 1 heterocycles. The lowest BCUT2D eigenvalue weighted by atomic mass is 10.1. The first-order valence-corrected chi connectivity index (χ1v) is 9.09. The van der Waals surface area contributed by atoms with E-state index >= 15 is 0 Å².